The van der Waals surface area contributed by atoms with Crippen LogP contribution >= 0.6 is 24.0 Å². The van der Waals surface area contributed by atoms with Gasteiger partial charge in [0.1, 0.15) is 11.6 Å². The molecule has 30 heavy (non-hydrogen) atoms. The second kappa shape index (κ2) is 10.4. The molecule has 0 saturated carbocycles. The molecule has 0 saturated heterocycles. The summed E-state index contributed by atoms with van der Waals surface area (Å²) in [5.41, 5.74) is 0.751. The first-order valence-corrected chi connectivity index (χ1v) is 8.76. The molecule has 1 aromatic heterocycles. The first kappa shape index (κ1) is 23.6. The number of nitrogens with one attached hydrogen (secondary N) is 3. The largest absolute Gasteiger partial charge is 0.416 e. The Bertz CT molecular complexity index is 986. The molecular formula is C20H20F4IN5. The Morgan fingerprint density at radius 2 is 1.77 bits per heavy atom. The molecule has 0 radical (unpaired) electrons. The number of hydrogen-bond acceptors (Lipinski definition) is 2. The minimum atomic E-state index is -4.64. The zero-order chi connectivity index (χ0) is 20.9. The number of aliphatic imine (C=N–C) groups is 1. The number of nitrogens with zero attached hydrogens (tertiary/aromatic N) is 2. The van der Waals surface area contributed by atoms with Crippen molar-refractivity contribution in [1.82, 2.24) is 20.6 Å². The summed E-state index contributed by atoms with van der Waals surface area (Å²) >= 11 is 0. The van der Waals surface area contributed by atoms with Crippen LogP contribution in [-0.2, 0) is 19.3 Å². The molecule has 0 bridgehead atoms. The zero-order valence-corrected chi connectivity index (χ0v) is 18.3. The third-order valence-electron chi connectivity index (χ3n) is 4.18. The molecule has 1 heterocycles. The van der Waals surface area contributed by atoms with Crippen LogP contribution in [0.25, 0.3) is 11.3 Å². The number of hydrogen-bond donors (Lipinski definition) is 3. The highest BCUT2D eigenvalue weighted by Gasteiger charge is 2.33. The molecule has 0 amide bonds. The van der Waals surface area contributed by atoms with Gasteiger partial charge in [-0.15, -0.1) is 24.0 Å². The fourth-order valence-electron chi connectivity index (χ4n) is 2.75. The quantitative estimate of drug-likeness (QED) is 0.193. The van der Waals surface area contributed by atoms with Gasteiger partial charge in [0.25, 0.3) is 0 Å². The van der Waals surface area contributed by atoms with Gasteiger partial charge in [-0.2, -0.15) is 13.2 Å². The standard InChI is InChI=1S/C20H19F4N5.HI/c1-25-19(27-10-14-7-8-15(21)9-16(14)20(22,23)24)28-12-18-26-11-17(29-18)13-5-3-2-4-6-13;/h2-9,11H,10,12H2,1H3,(H,26,29)(H2,25,27,28);1H. The topological polar surface area (TPSA) is 65.1 Å². The molecule has 3 aromatic rings. The number of imidazole rings is 1. The lowest BCUT2D eigenvalue weighted by Gasteiger charge is -2.15. The summed E-state index contributed by atoms with van der Waals surface area (Å²) in [6.07, 6.45) is -2.94. The van der Waals surface area contributed by atoms with Crippen molar-refractivity contribution in [3.05, 3.63) is 77.5 Å². The number of H-pyrrole nitrogens is 1. The summed E-state index contributed by atoms with van der Waals surface area (Å²) in [5.74, 6) is 0.000276. The summed E-state index contributed by atoms with van der Waals surface area (Å²) in [4.78, 5) is 11.4. The average Bonchev–Trinajstić information content (AvgIpc) is 3.18. The molecule has 0 atom stereocenters. The Balaban J connectivity index is 0.00000320. The van der Waals surface area contributed by atoms with Gasteiger partial charge in [-0.05, 0) is 23.3 Å². The molecule has 0 aliphatic rings. The molecule has 0 fully saturated rings. The van der Waals surface area contributed by atoms with E-state index in [1.165, 1.54) is 7.05 Å². The monoisotopic (exact) mass is 533 g/mol. The molecule has 2 aromatic carbocycles. The molecule has 160 valence electrons. The van der Waals surface area contributed by atoms with Gasteiger partial charge in [0, 0.05) is 13.6 Å². The lowest BCUT2D eigenvalue weighted by Crippen LogP contribution is -2.37. The van der Waals surface area contributed by atoms with E-state index in [1.807, 2.05) is 30.3 Å². The fraction of sp³-hybridized carbons (Fsp3) is 0.200. The van der Waals surface area contributed by atoms with Gasteiger partial charge >= 0.3 is 6.18 Å². The van der Waals surface area contributed by atoms with E-state index in [1.54, 1.807) is 6.20 Å². The van der Waals surface area contributed by atoms with E-state index in [2.05, 4.69) is 25.6 Å². The highest BCUT2D eigenvalue weighted by atomic mass is 127. The first-order valence-electron chi connectivity index (χ1n) is 8.76. The van der Waals surface area contributed by atoms with Crippen LogP contribution in [0.5, 0.6) is 0 Å². The van der Waals surface area contributed by atoms with E-state index >= 15 is 0 Å². The molecule has 0 aliphatic heterocycles. The highest BCUT2D eigenvalue weighted by molar-refractivity contribution is 14.0. The number of aromatic nitrogens is 2. The van der Waals surface area contributed by atoms with E-state index in [4.69, 9.17) is 0 Å². The van der Waals surface area contributed by atoms with Gasteiger partial charge in [0.15, 0.2) is 5.96 Å². The number of halogens is 5. The van der Waals surface area contributed by atoms with Gasteiger partial charge in [0.05, 0.1) is 24.0 Å². The first-order chi connectivity index (χ1) is 13.9. The van der Waals surface area contributed by atoms with Crippen LogP contribution in [-0.4, -0.2) is 23.0 Å². The summed E-state index contributed by atoms with van der Waals surface area (Å²) in [6, 6.07) is 12.3. The SMILES string of the molecule is CN=C(NCc1ncc(-c2ccccc2)[nH]1)NCc1ccc(F)cc1C(F)(F)F.I. The molecule has 0 spiro atoms. The Morgan fingerprint density at radius 3 is 2.43 bits per heavy atom. The maximum absolute atomic E-state index is 13.2. The third kappa shape index (κ3) is 6.18. The minimum Gasteiger partial charge on any atom is -0.352 e. The van der Waals surface area contributed by atoms with E-state index in [-0.39, 0.29) is 36.1 Å². The van der Waals surface area contributed by atoms with Crippen LogP contribution in [0.15, 0.2) is 59.7 Å². The summed E-state index contributed by atoms with van der Waals surface area (Å²) < 4.78 is 52.5. The maximum atomic E-state index is 13.2. The minimum absolute atomic E-state index is 0. The molecule has 3 N–H and O–H groups in total. The van der Waals surface area contributed by atoms with Crippen LogP contribution in [0, 0.1) is 5.82 Å². The van der Waals surface area contributed by atoms with Gasteiger partial charge in [0.2, 0.25) is 0 Å². The van der Waals surface area contributed by atoms with Crippen LogP contribution in [0.2, 0.25) is 0 Å². The van der Waals surface area contributed by atoms with Crippen molar-refractivity contribution in [3.8, 4) is 11.3 Å². The molecule has 5 nitrogen and oxygen atoms in total. The second-order valence-electron chi connectivity index (χ2n) is 6.19. The number of rotatable bonds is 5. The molecule has 10 heteroatoms. The average molecular weight is 533 g/mol. The summed E-state index contributed by atoms with van der Waals surface area (Å²) in [6.45, 7) is 0.129. The van der Waals surface area contributed by atoms with Crippen LogP contribution in [0.4, 0.5) is 17.6 Å². The normalized spacial score (nSPS) is 11.7. The van der Waals surface area contributed by atoms with Gasteiger partial charge in [-0.1, -0.05) is 36.4 Å². The lowest BCUT2D eigenvalue weighted by atomic mass is 10.1. The molecule has 0 aliphatic carbocycles. The van der Waals surface area contributed by atoms with Crippen molar-refractivity contribution < 1.29 is 17.6 Å². The summed E-state index contributed by atoms with van der Waals surface area (Å²) in [7, 11) is 1.50. The Hall–Kier alpha value is -2.63. The number of alkyl halides is 3. The predicted octanol–water partition coefficient (Wildman–Crippen LogP) is 4.72. The number of benzene rings is 2. The Kier molecular flexibility index (Phi) is 8.21. The predicted molar refractivity (Wildman–Crippen MR) is 118 cm³/mol. The van der Waals surface area contributed by atoms with Crippen molar-refractivity contribution >= 4 is 29.9 Å². The summed E-state index contributed by atoms with van der Waals surface area (Å²) in [5, 5.41) is 5.78. The smallest absolute Gasteiger partial charge is 0.352 e. The van der Waals surface area contributed by atoms with E-state index < -0.39 is 17.6 Å². The zero-order valence-electron chi connectivity index (χ0n) is 15.9. The van der Waals surface area contributed by atoms with Crippen LogP contribution in [0.3, 0.4) is 0 Å². The Labute approximate surface area is 188 Å². The van der Waals surface area contributed by atoms with Crippen molar-refractivity contribution in [1.29, 1.82) is 0 Å². The molecule has 0 unspecified atom stereocenters. The highest BCUT2D eigenvalue weighted by Crippen LogP contribution is 2.32. The Morgan fingerprint density at radius 1 is 1.07 bits per heavy atom. The van der Waals surface area contributed by atoms with Crippen LogP contribution in [0.1, 0.15) is 17.0 Å². The van der Waals surface area contributed by atoms with E-state index in [9.17, 15) is 17.6 Å². The van der Waals surface area contributed by atoms with Crippen molar-refractivity contribution in [2.45, 2.75) is 19.3 Å². The number of aromatic amines is 1. The third-order valence-corrected chi connectivity index (χ3v) is 4.18. The van der Waals surface area contributed by atoms with Gasteiger partial charge in [-0.3, -0.25) is 4.99 Å². The van der Waals surface area contributed by atoms with E-state index in [0.29, 0.717) is 24.4 Å². The van der Waals surface area contributed by atoms with Crippen molar-refractivity contribution in [2.75, 3.05) is 7.05 Å². The van der Waals surface area contributed by atoms with Crippen molar-refractivity contribution in [3.63, 3.8) is 0 Å². The van der Waals surface area contributed by atoms with Gasteiger partial charge in [-0.25, -0.2) is 9.37 Å². The van der Waals surface area contributed by atoms with Gasteiger partial charge < -0.3 is 15.6 Å². The number of guanidine groups is 1. The van der Waals surface area contributed by atoms with E-state index in [0.717, 1.165) is 23.4 Å². The second-order valence-corrected chi connectivity index (χ2v) is 6.19. The van der Waals surface area contributed by atoms with Crippen molar-refractivity contribution in [2.24, 2.45) is 4.99 Å². The van der Waals surface area contributed by atoms with Crippen LogP contribution < -0.4 is 10.6 Å². The lowest BCUT2D eigenvalue weighted by molar-refractivity contribution is -0.138. The maximum Gasteiger partial charge on any atom is 0.416 e. The molecular weight excluding hydrogens is 513 g/mol. The fourth-order valence-corrected chi connectivity index (χ4v) is 2.75. The molecule has 3 rings (SSSR count).